The molecule has 7 heteroatoms. The Hall–Kier alpha value is -3.19. The first-order valence-electron chi connectivity index (χ1n) is 10.6. The third-order valence-corrected chi connectivity index (χ3v) is 5.91. The van der Waals surface area contributed by atoms with Crippen molar-refractivity contribution in [1.29, 1.82) is 0 Å². The highest BCUT2D eigenvalue weighted by Crippen LogP contribution is 2.32. The lowest BCUT2D eigenvalue weighted by molar-refractivity contribution is 0.204. The highest BCUT2D eigenvalue weighted by Gasteiger charge is 2.21. The van der Waals surface area contributed by atoms with Crippen LogP contribution in [0.15, 0.2) is 53.5 Å². The summed E-state index contributed by atoms with van der Waals surface area (Å²) in [5.74, 6) is 2.07. The minimum Gasteiger partial charge on any atom is -0.496 e. The number of aromatic nitrogens is 3. The Bertz CT molecular complexity index is 1070. The van der Waals surface area contributed by atoms with Crippen molar-refractivity contribution < 1.29 is 4.74 Å². The second kappa shape index (κ2) is 9.31. The number of H-pyrrole nitrogens is 1. The minimum absolute atomic E-state index is 0.0209. The summed E-state index contributed by atoms with van der Waals surface area (Å²) >= 11 is 0. The molecule has 0 unspecified atom stereocenters. The SMILES string of the molecule is COc1ccc(CN2CCC(c3cc[nH]c(=O)c3)CC2)cc1-c1ccc(N(C)C)nn1. The van der Waals surface area contributed by atoms with E-state index >= 15 is 0 Å². The van der Waals surface area contributed by atoms with Gasteiger partial charge in [0.05, 0.1) is 12.8 Å². The Balaban J connectivity index is 1.46. The molecular formula is C24H29N5O2. The van der Waals surface area contributed by atoms with Gasteiger partial charge < -0.3 is 14.6 Å². The summed E-state index contributed by atoms with van der Waals surface area (Å²) in [6.07, 6.45) is 3.87. The van der Waals surface area contributed by atoms with Crippen molar-refractivity contribution >= 4 is 5.82 Å². The lowest BCUT2D eigenvalue weighted by Gasteiger charge is -2.32. The van der Waals surface area contributed by atoms with Gasteiger partial charge in [-0.3, -0.25) is 9.69 Å². The highest BCUT2D eigenvalue weighted by atomic mass is 16.5. The molecule has 0 radical (unpaired) electrons. The minimum atomic E-state index is -0.0209. The van der Waals surface area contributed by atoms with Crippen LogP contribution in [0.25, 0.3) is 11.3 Å². The van der Waals surface area contributed by atoms with Gasteiger partial charge in [0.2, 0.25) is 5.56 Å². The summed E-state index contributed by atoms with van der Waals surface area (Å²) in [5.41, 5.74) is 4.11. The number of hydrogen-bond donors (Lipinski definition) is 1. The number of pyridine rings is 1. The number of aromatic amines is 1. The first-order chi connectivity index (χ1) is 15.0. The molecule has 1 N–H and O–H groups in total. The zero-order valence-corrected chi connectivity index (χ0v) is 18.3. The number of hydrogen-bond acceptors (Lipinski definition) is 6. The Morgan fingerprint density at radius 1 is 1.10 bits per heavy atom. The van der Waals surface area contributed by atoms with E-state index in [4.69, 9.17) is 4.74 Å². The number of rotatable bonds is 6. The van der Waals surface area contributed by atoms with Gasteiger partial charge in [-0.25, -0.2) is 0 Å². The van der Waals surface area contributed by atoms with E-state index in [-0.39, 0.29) is 5.56 Å². The van der Waals surface area contributed by atoms with Gasteiger partial charge in [-0.2, -0.15) is 0 Å². The van der Waals surface area contributed by atoms with Crippen LogP contribution in [0.1, 0.15) is 29.9 Å². The van der Waals surface area contributed by atoms with Crippen molar-refractivity contribution in [1.82, 2.24) is 20.1 Å². The fourth-order valence-electron chi connectivity index (χ4n) is 4.16. The monoisotopic (exact) mass is 419 g/mol. The number of likely N-dealkylation sites (tertiary alicyclic amines) is 1. The standard InChI is InChI=1S/C24H29N5O2/c1-28(2)23-7-5-21(26-27-23)20-14-17(4-6-22(20)31-3)16-29-12-9-18(10-13-29)19-8-11-25-24(30)15-19/h4-8,11,14-15,18H,9-10,12-13,16H2,1-3H3,(H,25,30). The Morgan fingerprint density at radius 2 is 1.90 bits per heavy atom. The summed E-state index contributed by atoms with van der Waals surface area (Å²) in [5, 5.41) is 8.71. The van der Waals surface area contributed by atoms with Crippen molar-refractivity contribution in [3.63, 3.8) is 0 Å². The molecule has 0 aliphatic carbocycles. The van der Waals surface area contributed by atoms with Crippen LogP contribution in [-0.4, -0.2) is 54.4 Å². The molecule has 2 aromatic heterocycles. The van der Waals surface area contributed by atoms with E-state index in [9.17, 15) is 4.79 Å². The molecule has 7 nitrogen and oxygen atoms in total. The van der Waals surface area contributed by atoms with Crippen LogP contribution in [-0.2, 0) is 6.54 Å². The van der Waals surface area contributed by atoms with Crippen molar-refractivity contribution in [2.45, 2.75) is 25.3 Å². The summed E-state index contributed by atoms with van der Waals surface area (Å²) in [7, 11) is 5.58. The van der Waals surface area contributed by atoms with Crippen molar-refractivity contribution in [3.8, 4) is 17.0 Å². The van der Waals surface area contributed by atoms with E-state index in [0.717, 1.165) is 60.9 Å². The number of nitrogens with one attached hydrogen (secondary N) is 1. The molecule has 0 atom stereocenters. The predicted molar refractivity (Wildman–Crippen MR) is 123 cm³/mol. The molecule has 4 rings (SSSR count). The van der Waals surface area contributed by atoms with Gasteiger partial charge in [0, 0.05) is 38.5 Å². The van der Waals surface area contributed by atoms with Crippen LogP contribution in [0.4, 0.5) is 5.82 Å². The summed E-state index contributed by atoms with van der Waals surface area (Å²) in [4.78, 5) is 18.7. The van der Waals surface area contributed by atoms with Crippen molar-refractivity contribution in [2.24, 2.45) is 0 Å². The van der Waals surface area contributed by atoms with Gasteiger partial charge in [-0.05, 0) is 73.3 Å². The zero-order chi connectivity index (χ0) is 21.8. The fraction of sp³-hybridized carbons (Fsp3) is 0.375. The van der Waals surface area contributed by atoms with E-state index in [1.165, 1.54) is 5.56 Å². The van der Waals surface area contributed by atoms with Gasteiger partial charge in [-0.1, -0.05) is 6.07 Å². The molecule has 31 heavy (non-hydrogen) atoms. The molecule has 0 saturated carbocycles. The molecule has 0 amide bonds. The van der Waals surface area contributed by atoms with Crippen LogP contribution >= 0.6 is 0 Å². The molecule has 1 aliphatic heterocycles. The van der Waals surface area contributed by atoms with Crippen LogP contribution < -0.4 is 15.2 Å². The predicted octanol–water partition coefficient (Wildman–Crippen LogP) is 3.29. The Kier molecular flexibility index (Phi) is 6.32. The van der Waals surface area contributed by atoms with Gasteiger partial charge >= 0.3 is 0 Å². The van der Waals surface area contributed by atoms with Crippen LogP contribution in [0.3, 0.4) is 0 Å². The lowest BCUT2D eigenvalue weighted by atomic mass is 9.90. The van der Waals surface area contributed by atoms with E-state index in [1.807, 2.05) is 43.3 Å². The fourth-order valence-corrected chi connectivity index (χ4v) is 4.16. The second-order valence-corrected chi connectivity index (χ2v) is 8.24. The number of nitrogens with zero attached hydrogens (tertiary/aromatic N) is 4. The molecule has 0 bridgehead atoms. The van der Waals surface area contributed by atoms with E-state index in [0.29, 0.717) is 5.92 Å². The molecule has 0 spiro atoms. The molecule has 1 saturated heterocycles. The van der Waals surface area contributed by atoms with Crippen molar-refractivity contribution in [3.05, 3.63) is 70.1 Å². The maximum absolute atomic E-state index is 11.6. The Morgan fingerprint density at radius 3 is 2.55 bits per heavy atom. The molecule has 3 aromatic rings. The quantitative estimate of drug-likeness (QED) is 0.661. The first-order valence-corrected chi connectivity index (χ1v) is 10.6. The first kappa shape index (κ1) is 21.1. The maximum atomic E-state index is 11.6. The van der Waals surface area contributed by atoms with Crippen LogP contribution in [0, 0.1) is 0 Å². The zero-order valence-electron chi connectivity index (χ0n) is 18.3. The lowest BCUT2D eigenvalue weighted by Crippen LogP contribution is -2.32. The van der Waals surface area contributed by atoms with Crippen LogP contribution in [0.5, 0.6) is 5.75 Å². The molecule has 162 valence electrons. The number of anilines is 1. The molecule has 1 fully saturated rings. The largest absolute Gasteiger partial charge is 0.496 e. The second-order valence-electron chi connectivity index (χ2n) is 8.24. The maximum Gasteiger partial charge on any atom is 0.248 e. The molecule has 1 aliphatic rings. The molecule has 1 aromatic carbocycles. The average molecular weight is 420 g/mol. The topological polar surface area (TPSA) is 74.3 Å². The number of ether oxygens (including phenoxy) is 1. The number of benzene rings is 1. The Labute approximate surface area is 182 Å². The third-order valence-electron chi connectivity index (χ3n) is 5.91. The number of methoxy groups -OCH3 is 1. The highest BCUT2D eigenvalue weighted by molar-refractivity contribution is 5.68. The summed E-state index contributed by atoms with van der Waals surface area (Å²) in [6.45, 7) is 2.90. The van der Waals surface area contributed by atoms with Crippen molar-refractivity contribution in [2.75, 3.05) is 39.2 Å². The third kappa shape index (κ3) is 4.94. The summed E-state index contributed by atoms with van der Waals surface area (Å²) in [6, 6.07) is 14.0. The average Bonchev–Trinajstić information content (AvgIpc) is 2.79. The molecular weight excluding hydrogens is 390 g/mol. The van der Waals surface area contributed by atoms with Gasteiger partial charge in [-0.15, -0.1) is 10.2 Å². The van der Waals surface area contributed by atoms with Gasteiger partial charge in [0.15, 0.2) is 5.82 Å². The van der Waals surface area contributed by atoms with E-state index in [1.54, 1.807) is 19.4 Å². The van der Waals surface area contributed by atoms with Gasteiger partial charge in [0.1, 0.15) is 5.75 Å². The number of piperidine rings is 1. The molecule has 3 heterocycles. The van der Waals surface area contributed by atoms with E-state index < -0.39 is 0 Å². The van der Waals surface area contributed by atoms with Gasteiger partial charge in [0.25, 0.3) is 0 Å². The smallest absolute Gasteiger partial charge is 0.248 e. The normalized spacial score (nSPS) is 15.1. The van der Waals surface area contributed by atoms with E-state index in [2.05, 4.69) is 32.2 Å². The van der Waals surface area contributed by atoms with Crippen LogP contribution in [0.2, 0.25) is 0 Å². The summed E-state index contributed by atoms with van der Waals surface area (Å²) < 4.78 is 5.58.